The number of amides is 1. The number of benzene rings is 1. The molecule has 8 heteroatoms. The fraction of sp³-hybridized carbons (Fsp3) is 0. The van der Waals surface area contributed by atoms with E-state index in [9.17, 15) is 14.9 Å². The molecule has 0 aliphatic rings. The lowest BCUT2D eigenvalue weighted by molar-refractivity contribution is -0.384. The van der Waals surface area contributed by atoms with E-state index in [1.165, 1.54) is 24.3 Å². The van der Waals surface area contributed by atoms with E-state index in [2.05, 4.69) is 0 Å². The molecule has 0 bridgehead atoms. The highest BCUT2D eigenvalue weighted by molar-refractivity contribution is 6.32. The SMILES string of the molecule is NNC(=O)c1ccc(-c2ccc(Cl)c([N+](=O)[O-])c2)o1. The van der Waals surface area contributed by atoms with Gasteiger partial charge in [0.15, 0.2) is 5.76 Å². The van der Waals surface area contributed by atoms with Crippen molar-refractivity contribution in [3.05, 3.63) is 51.2 Å². The molecule has 7 nitrogen and oxygen atoms in total. The maximum absolute atomic E-state index is 11.2. The van der Waals surface area contributed by atoms with Crippen LogP contribution in [0.4, 0.5) is 5.69 Å². The maximum Gasteiger partial charge on any atom is 0.300 e. The van der Waals surface area contributed by atoms with Gasteiger partial charge in [0.25, 0.3) is 5.69 Å². The van der Waals surface area contributed by atoms with Gasteiger partial charge in [-0.05, 0) is 24.3 Å². The molecule has 1 aromatic carbocycles. The summed E-state index contributed by atoms with van der Waals surface area (Å²) in [7, 11) is 0. The highest BCUT2D eigenvalue weighted by atomic mass is 35.5. The van der Waals surface area contributed by atoms with Gasteiger partial charge in [-0.25, -0.2) is 5.84 Å². The second-order valence-electron chi connectivity index (χ2n) is 3.56. The summed E-state index contributed by atoms with van der Waals surface area (Å²) in [6, 6.07) is 7.14. The summed E-state index contributed by atoms with van der Waals surface area (Å²) in [6.07, 6.45) is 0. The van der Waals surface area contributed by atoms with Gasteiger partial charge in [-0.15, -0.1) is 0 Å². The summed E-state index contributed by atoms with van der Waals surface area (Å²) >= 11 is 5.70. The van der Waals surface area contributed by atoms with Crippen LogP contribution in [0.5, 0.6) is 0 Å². The third-order valence-corrected chi connectivity index (χ3v) is 2.71. The van der Waals surface area contributed by atoms with Crippen molar-refractivity contribution in [2.24, 2.45) is 5.84 Å². The van der Waals surface area contributed by atoms with Gasteiger partial charge >= 0.3 is 5.91 Å². The minimum atomic E-state index is -0.595. The zero-order valence-electron chi connectivity index (χ0n) is 9.42. The van der Waals surface area contributed by atoms with Crippen LogP contribution in [0.1, 0.15) is 10.6 Å². The molecule has 0 fully saturated rings. The quantitative estimate of drug-likeness (QED) is 0.387. The number of hydrogen-bond acceptors (Lipinski definition) is 5. The van der Waals surface area contributed by atoms with Gasteiger partial charge < -0.3 is 4.42 Å². The third kappa shape index (κ3) is 2.56. The Morgan fingerprint density at radius 2 is 2.11 bits per heavy atom. The molecule has 0 saturated carbocycles. The van der Waals surface area contributed by atoms with Crippen molar-refractivity contribution in [3.8, 4) is 11.3 Å². The van der Waals surface area contributed by atoms with E-state index in [-0.39, 0.29) is 16.5 Å². The number of nitro benzene ring substituents is 1. The van der Waals surface area contributed by atoms with Crippen LogP contribution in [0, 0.1) is 10.1 Å². The molecule has 0 spiro atoms. The van der Waals surface area contributed by atoms with Crippen molar-refractivity contribution >= 4 is 23.2 Å². The van der Waals surface area contributed by atoms with Crippen molar-refractivity contribution in [1.82, 2.24) is 5.43 Å². The molecule has 3 N–H and O–H groups in total. The largest absolute Gasteiger partial charge is 0.451 e. The average Bonchev–Trinajstić information content (AvgIpc) is 2.87. The Hall–Kier alpha value is -2.38. The summed E-state index contributed by atoms with van der Waals surface area (Å²) in [5.41, 5.74) is 2.12. The van der Waals surface area contributed by atoms with Crippen LogP contribution in [0.25, 0.3) is 11.3 Å². The molecule has 98 valence electrons. The van der Waals surface area contributed by atoms with E-state index < -0.39 is 10.8 Å². The van der Waals surface area contributed by atoms with Crippen molar-refractivity contribution < 1.29 is 14.1 Å². The Morgan fingerprint density at radius 3 is 2.74 bits per heavy atom. The zero-order chi connectivity index (χ0) is 14.0. The summed E-state index contributed by atoms with van der Waals surface area (Å²) in [5, 5.41) is 10.8. The first-order chi connectivity index (χ1) is 9.02. The predicted octanol–water partition coefficient (Wildman–Crippen LogP) is 2.11. The van der Waals surface area contributed by atoms with Crippen molar-refractivity contribution in [2.45, 2.75) is 0 Å². The summed E-state index contributed by atoms with van der Waals surface area (Å²) in [4.78, 5) is 21.4. The van der Waals surface area contributed by atoms with Crippen molar-refractivity contribution in [1.29, 1.82) is 0 Å². The minimum Gasteiger partial charge on any atom is -0.451 e. The van der Waals surface area contributed by atoms with Crippen LogP contribution in [-0.4, -0.2) is 10.8 Å². The van der Waals surface area contributed by atoms with Crippen molar-refractivity contribution in [3.63, 3.8) is 0 Å². The molecule has 1 aromatic heterocycles. The first-order valence-corrected chi connectivity index (χ1v) is 5.46. The van der Waals surface area contributed by atoms with Gasteiger partial charge in [0.05, 0.1) is 4.92 Å². The summed E-state index contributed by atoms with van der Waals surface area (Å²) < 4.78 is 5.24. The molecular weight excluding hydrogens is 274 g/mol. The molecule has 0 unspecified atom stereocenters. The normalized spacial score (nSPS) is 10.2. The Labute approximate surface area is 112 Å². The van der Waals surface area contributed by atoms with E-state index in [0.717, 1.165) is 0 Å². The Morgan fingerprint density at radius 1 is 1.37 bits per heavy atom. The highest BCUT2D eigenvalue weighted by Gasteiger charge is 2.16. The number of nitrogens with one attached hydrogen (secondary N) is 1. The number of hydrogen-bond donors (Lipinski definition) is 2. The molecule has 2 rings (SSSR count). The van der Waals surface area contributed by atoms with E-state index in [4.69, 9.17) is 21.9 Å². The first kappa shape index (κ1) is 13.1. The van der Waals surface area contributed by atoms with Gasteiger partial charge in [0, 0.05) is 11.6 Å². The number of nitro groups is 1. The van der Waals surface area contributed by atoms with Gasteiger partial charge in [0.1, 0.15) is 10.8 Å². The van der Waals surface area contributed by atoms with Crippen LogP contribution in [0.15, 0.2) is 34.7 Å². The maximum atomic E-state index is 11.2. The monoisotopic (exact) mass is 281 g/mol. The average molecular weight is 282 g/mol. The van der Waals surface area contributed by atoms with Gasteiger partial charge in [-0.1, -0.05) is 11.6 Å². The lowest BCUT2D eigenvalue weighted by Crippen LogP contribution is -2.29. The highest BCUT2D eigenvalue weighted by Crippen LogP contribution is 2.31. The second kappa shape index (κ2) is 5.09. The van der Waals surface area contributed by atoms with E-state index in [1.54, 1.807) is 6.07 Å². The molecule has 0 aliphatic heterocycles. The molecule has 0 radical (unpaired) electrons. The number of nitrogens with zero attached hydrogens (tertiary/aromatic N) is 1. The van der Waals surface area contributed by atoms with Crippen LogP contribution >= 0.6 is 11.6 Å². The van der Waals surface area contributed by atoms with Gasteiger partial charge in [-0.2, -0.15) is 0 Å². The number of carbonyl (C=O) groups is 1. The number of nitrogens with two attached hydrogens (primary N) is 1. The van der Waals surface area contributed by atoms with Crippen LogP contribution in [0.3, 0.4) is 0 Å². The zero-order valence-corrected chi connectivity index (χ0v) is 10.2. The molecule has 1 amide bonds. The number of carbonyl (C=O) groups excluding carboxylic acids is 1. The molecule has 0 atom stereocenters. The summed E-state index contributed by atoms with van der Waals surface area (Å²) in [6.45, 7) is 0. The Bertz CT molecular complexity index is 653. The van der Waals surface area contributed by atoms with Crippen LogP contribution < -0.4 is 11.3 Å². The Kier molecular flexibility index (Phi) is 3.50. The smallest absolute Gasteiger partial charge is 0.300 e. The predicted molar refractivity (Wildman–Crippen MR) is 67.5 cm³/mol. The van der Waals surface area contributed by atoms with E-state index in [1.807, 2.05) is 5.43 Å². The number of rotatable bonds is 3. The number of hydrazine groups is 1. The topological polar surface area (TPSA) is 111 Å². The van der Waals surface area contributed by atoms with Gasteiger partial charge in [0.2, 0.25) is 0 Å². The first-order valence-electron chi connectivity index (χ1n) is 5.08. The summed E-state index contributed by atoms with van der Waals surface area (Å²) in [5.74, 6) is 4.69. The molecule has 1 heterocycles. The second-order valence-corrected chi connectivity index (χ2v) is 3.97. The lowest BCUT2D eigenvalue weighted by Gasteiger charge is -1.99. The van der Waals surface area contributed by atoms with E-state index in [0.29, 0.717) is 11.3 Å². The molecule has 19 heavy (non-hydrogen) atoms. The van der Waals surface area contributed by atoms with Crippen LogP contribution in [0.2, 0.25) is 5.02 Å². The fourth-order valence-corrected chi connectivity index (χ4v) is 1.68. The third-order valence-electron chi connectivity index (χ3n) is 2.39. The molecule has 2 aromatic rings. The molecule has 0 saturated heterocycles. The van der Waals surface area contributed by atoms with Crippen molar-refractivity contribution in [2.75, 3.05) is 0 Å². The number of furan rings is 1. The minimum absolute atomic E-state index is 0.00935. The molecule has 0 aliphatic carbocycles. The van der Waals surface area contributed by atoms with Crippen LogP contribution in [-0.2, 0) is 0 Å². The fourth-order valence-electron chi connectivity index (χ4n) is 1.49. The standard InChI is InChI=1S/C11H8ClN3O4/c12-7-2-1-6(5-8(7)15(17)18)9-3-4-10(19-9)11(16)14-13/h1-5H,13H2,(H,14,16). The lowest BCUT2D eigenvalue weighted by atomic mass is 10.1. The number of nitrogen functional groups attached to an aromatic ring is 1. The number of halogens is 1. The van der Waals surface area contributed by atoms with E-state index >= 15 is 0 Å². The van der Waals surface area contributed by atoms with Gasteiger partial charge in [-0.3, -0.25) is 20.3 Å². The molecular formula is C11H8ClN3O4. The Balaban J connectivity index is 2.42.